The van der Waals surface area contributed by atoms with Crippen molar-refractivity contribution in [1.82, 2.24) is 20.2 Å². The Bertz CT molecular complexity index is 408. The fourth-order valence-electron chi connectivity index (χ4n) is 1.20. The van der Waals surface area contributed by atoms with Crippen molar-refractivity contribution in [2.24, 2.45) is 0 Å². The Morgan fingerprint density at radius 3 is 2.79 bits per heavy atom. The lowest BCUT2D eigenvalue weighted by atomic mass is 10.4. The van der Waals surface area contributed by atoms with Gasteiger partial charge in [-0.15, -0.1) is 5.10 Å². The number of nitrogens with zero attached hydrogens (tertiary/aromatic N) is 4. The van der Waals surface area contributed by atoms with E-state index in [1.54, 1.807) is 6.92 Å². The Hall–Kier alpha value is -1.71. The van der Waals surface area contributed by atoms with Gasteiger partial charge in [0.05, 0.1) is 6.61 Å². The molecule has 1 rings (SSSR count). The third-order valence-electron chi connectivity index (χ3n) is 1.91. The van der Waals surface area contributed by atoms with Gasteiger partial charge in [0.25, 0.3) is 5.82 Å². The number of hydrogen-bond acceptors (Lipinski definition) is 6. The van der Waals surface area contributed by atoms with Crippen molar-refractivity contribution in [3.63, 3.8) is 0 Å². The van der Waals surface area contributed by atoms with Gasteiger partial charge in [-0.2, -0.15) is 13.2 Å². The van der Waals surface area contributed by atoms with Crippen molar-refractivity contribution >= 4 is 5.97 Å². The van der Waals surface area contributed by atoms with Gasteiger partial charge < -0.3 is 9.47 Å². The highest BCUT2D eigenvalue weighted by atomic mass is 19.4. The first-order chi connectivity index (χ1) is 8.94. The Kier molecular flexibility index (Phi) is 5.67. The number of carbonyl (C=O) groups is 1. The fraction of sp³-hybridized carbons (Fsp3) is 0.778. The number of esters is 1. The van der Waals surface area contributed by atoms with Crippen molar-refractivity contribution < 1.29 is 27.4 Å². The average Bonchev–Trinajstić information content (AvgIpc) is 2.75. The van der Waals surface area contributed by atoms with Gasteiger partial charge in [-0.3, -0.25) is 0 Å². The van der Waals surface area contributed by atoms with E-state index in [2.05, 4.69) is 20.3 Å². The molecule has 0 N–H and O–H groups in total. The van der Waals surface area contributed by atoms with Gasteiger partial charge in [0.2, 0.25) is 0 Å². The van der Waals surface area contributed by atoms with Crippen LogP contribution in [0.4, 0.5) is 13.2 Å². The van der Waals surface area contributed by atoms with Gasteiger partial charge in [0.1, 0.15) is 6.61 Å². The standard InChI is InChI=1S/C9H13F3N4O3/c1-2-19-8(17)7-13-14-15-16(7)4-3-5-18-6-9(10,11)12/h2-6H2,1H3. The third-order valence-corrected chi connectivity index (χ3v) is 1.91. The molecule has 0 spiro atoms. The molecule has 0 atom stereocenters. The lowest BCUT2D eigenvalue weighted by Gasteiger charge is -2.07. The largest absolute Gasteiger partial charge is 0.460 e. The lowest BCUT2D eigenvalue weighted by molar-refractivity contribution is -0.174. The number of alkyl halides is 3. The van der Waals surface area contributed by atoms with Crippen LogP contribution in [0.15, 0.2) is 0 Å². The molecule has 0 unspecified atom stereocenters. The molecule has 19 heavy (non-hydrogen) atoms. The molecule has 0 fully saturated rings. The maximum Gasteiger partial charge on any atom is 0.411 e. The van der Waals surface area contributed by atoms with Crippen molar-refractivity contribution in [3.8, 4) is 0 Å². The minimum absolute atomic E-state index is 0.0855. The summed E-state index contributed by atoms with van der Waals surface area (Å²) in [5, 5.41) is 10.3. The Labute approximate surface area is 106 Å². The molecule has 0 aliphatic heterocycles. The summed E-state index contributed by atoms with van der Waals surface area (Å²) in [6.45, 7) is 0.575. The minimum Gasteiger partial charge on any atom is -0.460 e. The second kappa shape index (κ2) is 7.02. The summed E-state index contributed by atoms with van der Waals surface area (Å²) in [6.07, 6.45) is -4.10. The van der Waals surface area contributed by atoms with Crippen LogP contribution in [0, 0.1) is 0 Å². The Balaban J connectivity index is 2.34. The molecule has 10 heteroatoms. The molecule has 108 valence electrons. The predicted molar refractivity (Wildman–Crippen MR) is 55.3 cm³/mol. The molecule has 0 aliphatic carbocycles. The van der Waals surface area contributed by atoms with Crippen LogP contribution in [0.3, 0.4) is 0 Å². The van der Waals surface area contributed by atoms with Crippen molar-refractivity contribution in [2.75, 3.05) is 19.8 Å². The van der Waals surface area contributed by atoms with Gasteiger partial charge in [-0.05, 0) is 23.8 Å². The fourth-order valence-corrected chi connectivity index (χ4v) is 1.20. The van der Waals surface area contributed by atoms with E-state index in [9.17, 15) is 18.0 Å². The van der Waals surface area contributed by atoms with E-state index in [0.29, 0.717) is 0 Å². The number of rotatable bonds is 7. The van der Waals surface area contributed by atoms with Crippen LogP contribution in [-0.2, 0) is 16.0 Å². The van der Waals surface area contributed by atoms with E-state index < -0.39 is 18.8 Å². The quantitative estimate of drug-likeness (QED) is 0.544. The maximum absolute atomic E-state index is 11.8. The van der Waals surface area contributed by atoms with Crippen LogP contribution >= 0.6 is 0 Å². The smallest absolute Gasteiger partial charge is 0.411 e. The molecule has 1 aromatic rings. The normalized spacial score (nSPS) is 11.6. The van der Waals surface area contributed by atoms with E-state index in [4.69, 9.17) is 4.74 Å². The summed E-state index contributed by atoms with van der Waals surface area (Å²) in [4.78, 5) is 11.4. The van der Waals surface area contributed by atoms with Crippen LogP contribution in [0.1, 0.15) is 24.0 Å². The molecule has 1 aromatic heterocycles. The van der Waals surface area contributed by atoms with Crippen LogP contribution in [0.25, 0.3) is 0 Å². The summed E-state index contributed by atoms with van der Waals surface area (Å²) < 4.78 is 45.7. The molecule has 0 aliphatic rings. The van der Waals surface area contributed by atoms with Crippen LogP contribution in [0.5, 0.6) is 0 Å². The molecule has 7 nitrogen and oxygen atoms in total. The zero-order valence-electron chi connectivity index (χ0n) is 10.2. The number of carbonyl (C=O) groups excluding carboxylic acids is 1. The summed E-state index contributed by atoms with van der Waals surface area (Å²) in [5.74, 6) is -0.763. The number of ether oxygens (including phenoxy) is 2. The second-order valence-corrected chi connectivity index (χ2v) is 3.47. The lowest BCUT2D eigenvalue weighted by Crippen LogP contribution is -2.19. The molecule has 1 heterocycles. The van der Waals surface area contributed by atoms with E-state index in [1.807, 2.05) is 0 Å². The van der Waals surface area contributed by atoms with Crippen molar-refractivity contribution in [1.29, 1.82) is 0 Å². The number of tetrazole rings is 1. The van der Waals surface area contributed by atoms with Crippen LogP contribution in [0.2, 0.25) is 0 Å². The van der Waals surface area contributed by atoms with E-state index in [-0.39, 0.29) is 32.0 Å². The molecule has 0 saturated carbocycles. The van der Waals surface area contributed by atoms with E-state index in [0.717, 1.165) is 4.68 Å². The Morgan fingerprint density at radius 2 is 2.16 bits per heavy atom. The van der Waals surface area contributed by atoms with Crippen molar-refractivity contribution in [2.45, 2.75) is 26.1 Å². The topological polar surface area (TPSA) is 79.1 Å². The first kappa shape index (κ1) is 15.3. The second-order valence-electron chi connectivity index (χ2n) is 3.47. The maximum atomic E-state index is 11.8. The molecular weight excluding hydrogens is 269 g/mol. The van der Waals surface area contributed by atoms with Gasteiger partial charge in [0, 0.05) is 13.2 Å². The van der Waals surface area contributed by atoms with Gasteiger partial charge in [0.15, 0.2) is 0 Å². The first-order valence-corrected chi connectivity index (χ1v) is 5.52. The number of halogens is 3. The average molecular weight is 282 g/mol. The summed E-state index contributed by atoms with van der Waals surface area (Å²) >= 11 is 0. The van der Waals surface area contributed by atoms with Gasteiger partial charge >= 0.3 is 12.1 Å². The highest BCUT2D eigenvalue weighted by molar-refractivity contribution is 5.85. The Morgan fingerprint density at radius 1 is 1.42 bits per heavy atom. The highest BCUT2D eigenvalue weighted by Crippen LogP contribution is 2.14. The zero-order valence-corrected chi connectivity index (χ0v) is 10.2. The van der Waals surface area contributed by atoms with E-state index >= 15 is 0 Å². The molecule has 0 amide bonds. The zero-order chi connectivity index (χ0) is 14.3. The van der Waals surface area contributed by atoms with Gasteiger partial charge in [-0.1, -0.05) is 0 Å². The molecule has 0 aromatic carbocycles. The number of aryl methyl sites for hydroxylation is 1. The van der Waals surface area contributed by atoms with Crippen LogP contribution in [-0.4, -0.2) is 52.2 Å². The monoisotopic (exact) mass is 282 g/mol. The van der Waals surface area contributed by atoms with E-state index in [1.165, 1.54) is 0 Å². The summed E-state index contributed by atoms with van der Waals surface area (Å²) in [7, 11) is 0. The van der Waals surface area contributed by atoms with Gasteiger partial charge in [-0.25, -0.2) is 9.48 Å². The molecule has 0 saturated heterocycles. The van der Waals surface area contributed by atoms with Crippen LogP contribution < -0.4 is 0 Å². The summed E-state index contributed by atoms with van der Waals surface area (Å²) in [6, 6.07) is 0. The number of hydrogen-bond donors (Lipinski definition) is 0. The minimum atomic E-state index is -4.34. The molecule has 0 radical (unpaired) electrons. The number of aromatic nitrogens is 4. The SMILES string of the molecule is CCOC(=O)c1nnnn1CCCOCC(F)(F)F. The third kappa shape index (κ3) is 5.64. The highest BCUT2D eigenvalue weighted by Gasteiger charge is 2.27. The predicted octanol–water partition coefficient (Wildman–Crippen LogP) is 0.819. The molecular formula is C9H13F3N4O3. The molecule has 0 bridgehead atoms. The summed E-state index contributed by atoms with van der Waals surface area (Å²) in [5.41, 5.74) is 0. The van der Waals surface area contributed by atoms with Crippen molar-refractivity contribution in [3.05, 3.63) is 5.82 Å². The first-order valence-electron chi connectivity index (χ1n) is 5.52.